The first-order chi connectivity index (χ1) is 13.2. The van der Waals surface area contributed by atoms with Crippen LogP contribution in [-0.2, 0) is 14.8 Å². The molecule has 150 valence electrons. The first kappa shape index (κ1) is 22.1. The number of Topliss-reactive ketones (excluding diaryl/α,β-unsaturated/α-hetero) is 1. The van der Waals surface area contributed by atoms with E-state index in [4.69, 9.17) is 0 Å². The van der Waals surface area contributed by atoms with Crippen LogP contribution in [0.1, 0.15) is 30.1 Å². The fourth-order valence-electron chi connectivity index (χ4n) is 2.55. The van der Waals surface area contributed by atoms with Crippen molar-refractivity contribution in [3.05, 3.63) is 54.1 Å². The third-order valence-corrected chi connectivity index (χ3v) is 6.80. The Balaban J connectivity index is 1.88. The van der Waals surface area contributed by atoms with Crippen LogP contribution in [0.2, 0.25) is 0 Å². The van der Waals surface area contributed by atoms with Gasteiger partial charge in [0, 0.05) is 36.2 Å². The first-order valence-electron chi connectivity index (χ1n) is 8.75. The molecule has 0 unspecified atom stereocenters. The van der Waals surface area contributed by atoms with Crippen molar-refractivity contribution in [3.8, 4) is 0 Å². The maximum Gasteiger partial charge on any atom is 0.242 e. The molecule has 0 atom stereocenters. The lowest BCUT2D eigenvalue weighted by molar-refractivity contribution is -0.116. The Kier molecular flexibility index (Phi) is 7.79. The normalized spacial score (nSPS) is 11.4. The molecule has 8 heteroatoms. The van der Waals surface area contributed by atoms with E-state index in [1.54, 1.807) is 11.8 Å². The number of hydrogen-bond donors (Lipinski definition) is 1. The maximum absolute atomic E-state index is 12.6. The zero-order valence-electron chi connectivity index (χ0n) is 16.1. The quantitative estimate of drug-likeness (QED) is 0.494. The van der Waals surface area contributed by atoms with Gasteiger partial charge >= 0.3 is 0 Å². The number of amides is 1. The summed E-state index contributed by atoms with van der Waals surface area (Å²) in [7, 11) is -2.18. The average molecular weight is 421 g/mol. The number of nitrogens with one attached hydrogen (secondary N) is 1. The summed E-state index contributed by atoms with van der Waals surface area (Å²) >= 11 is 1.59. The Labute approximate surface area is 170 Å². The summed E-state index contributed by atoms with van der Waals surface area (Å²) in [4.78, 5) is 24.6. The van der Waals surface area contributed by atoms with E-state index in [0.717, 1.165) is 10.6 Å². The molecule has 0 spiro atoms. The molecule has 6 nitrogen and oxygen atoms in total. The van der Waals surface area contributed by atoms with Crippen molar-refractivity contribution < 1.29 is 18.0 Å². The molecule has 0 aliphatic heterocycles. The van der Waals surface area contributed by atoms with Gasteiger partial charge in [0.1, 0.15) is 0 Å². The molecular formula is C20H24N2O4S2. The number of benzene rings is 2. The highest BCUT2D eigenvalue weighted by Gasteiger charge is 2.20. The SMILES string of the molecule is CSc1cccc(NC(=O)CCCN(C)S(=O)(=O)c2ccc(C(C)=O)cc2)c1. The van der Waals surface area contributed by atoms with Crippen LogP contribution in [-0.4, -0.2) is 44.3 Å². The van der Waals surface area contributed by atoms with Crippen molar-refractivity contribution in [2.24, 2.45) is 0 Å². The standard InChI is InChI=1S/C20H24N2O4S2/c1-15(23)16-9-11-19(12-10-16)28(25,26)22(2)13-5-8-20(24)21-17-6-4-7-18(14-17)27-3/h4,6-7,9-12,14H,5,8,13H2,1-3H3,(H,21,24). The van der Waals surface area contributed by atoms with E-state index < -0.39 is 10.0 Å². The van der Waals surface area contributed by atoms with Crippen molar-refractivity contribution in [2.75, 3.05) is 25.2 Å². The van der Waals surface area contributed by atoms with Crippen molar-refractivity contribution >= 4 is 39.2 Å². The third kappa shape index (κ3) is 5.92. The number of carbonyl (C=O) groups is 2. The van der Waals surface area contributed by atoms with Gasteiger partial charge in [-0.25, -0.2) is 12.7 Å². The molecule has 0 aliphatic rings. The highest BCUT2D eigenvalue weighted by atomic mass is 32.2. The minimum absolute atomic E-state index is 0.119. The Bertz CT molecular complexity index is 941. The summed E-state index contributed by atoms with van der Waals surface area (Å²) in [6.45, 7) is 1.65. The van der Waals surface area contributed by atoms with E-state index in [1.165, 1.54) is 42.5 Å². The molecule has 0 aromatic heterocycles. The van der Waals surface area contributed by atoms with Crippen LogP contribution in [0.3, 0.4) is 0 Å². The topological polar surface area (TPSA) is 83.6 Å². The molecule has 0 radical (unpaired) electrons. The predicted octanol–water partition coefficient (Wildman–Crippen LogP) is 3.65. The van der Waals surface area contributed by atoms with Gasteiger partial charge < -0.3 is 5.32 Å². The Morgan fingerprint density at radius 1 is 1.11 bits per heavy atom. The van der Waals surface area contributed by atoms with Crippen LogP contribution >= 0.6 is 11.8 Å². The minimum atomic E-state index is -3.66. The molecule has 1 amide bonds. The van der Waals surface area contributed by atoms with Gasteiger partial charge in [-0.05, 0) is 49.9 Å². The number of nitrogens with zero attached hydrogens (tertiary/aromatic N) is 1. The summed E-state index contributed by atoms with van der Waals surface area (Å²) in [5.74, 6) is -0.277. The van der Waals surface area contributed by atoms with Crippen LogP contribution in [0, 0.1) is 0 Å². The van der Waals surface area contributed by atoms with E-state index in [0.29, 0.717) is 12.0 Å². The van der Waals surface area contributed by atoms with Crippen molar-refractivity contribution in [3.63, 3.8) is 0 Å². The lowest BCUT2D eigenvalue weighted by Gasteiger charge is -2.17. The number of sulfonamides is 1. The fraction of sp³-hybridized carbons (Fsp3) is 0.300. The molecule has 28 heavy (non-hydrogen) atoms. The molecule has 0 saturated heterocycles. The molecule has 0 bridgehead atoms. The smallest absolute Gasteiger partial charge is 0.242 e. The van der Waals surface area contributed by atoms with Gasteiger partial charge in [0.15, 0.2) is 5.78 Å². The van der Waals surface area contributed by atoms with E-state index in [-0.39, 0.29) is 29.6 Å². The van der Waals surface area contributed by atoms with Gasteiger partial charge in [0.25, 0.3) is 0 Å². The second kappa shape index (κ2) is 9.86. The number of hydrogen-bond acceptors (Lipinski definition) is 5. The van der Waals surface area contributed by atoms with Crippen LogP contribution in [0.4, 0.5) is 5.69 Å². The number of thioether (sulfide) groups is 1. The van der Waals surface area contributed by atoms with Gasteiger partial charge in [-0.15, -0.1) is 11.8 Å². The summed E-state index contributed by atoms with van der Waals surface area (Å²) in [6.07, 6.45) is 2.58. The summed E-state index contributed by atoms with van der Waals surface area (Å²) in [5, 5.41) is 2.83. The van der Waals surface area contributed by atoms with Crippen molar-refractivity contribution in [1.29, 1.82) is 0 Å². The van der Waals surface area contributed by atoms with Crippen LogP contribution in [0.25, 0.3) is 0 Å². The zero-order chi connectivity index (χ0) is 20.7. The number of anilines is 1. The largest absolute Gasteiger partial charge is 0.326 e. The number of carbonyl (C=O) groups excluding carboxylic acids is 2. The van der Waals surface area contributed by atoms with Crippen LogP contribution in [0.15, 0.2) is 58.3 Å². The zero-order valence-corrected chi connectivity index (χ0v) is 17.8. The highest BCUT2D eigenvalue weighted by Crippen LogP contribution is 2.19. The van der Waals surface area contributed by atoms with Gasteiger partial charge in [0.05, 0.1) is 4.90 Å². The van der Waals surface area contributed by atoms with E-state index in [2.05, 4.69) is 5.32 Å². The average Bonchev–Trinajstić information content (AvgIpc) is 2.68. The second-order valence-corrected chi connectivity index (χ2v) is 9.22. The maximum atomic E-state index is 12.6. The molecule has 2 aromatic rings. The molecule has 1 N–H and O–H groups in total. The lowest BCUT2D eigenvalue weighted by Crippen LogP contribution is -2.28. The molecule has 0 heterocycles. The third-order valence-electron chi connectivity index (χ3n) is 4.20. The van der Waals surface area contributed by atoms with Crippen molar-refractivity contribution in [1.82, 2.24) is 4.31 Å². The van der Waals surface area contributed by atoms with Crippen molar-refractivity contribution in [2.45, 2.75) is 29.6 Å². The van der Waals surface area contributed by atoms with Gasteiger partial charge in [0.2, 0.25) is 15.9 Å². The van der Waals surface area contributed by atoms with Crippen LogP contribution in [0.5, 0.6) is 0 Å². The summed E-state index contributed by atoms with van der Waals surface area (Å²) in [5.41, 5.74) is 1.19. The molecule has 0 saturated carbocycles. The molecule has 2 aromatic carbocycles. The van der Waals surface area contributed by atoms with Gasteiger partial charge in [-0.3, -0.25) is 9.59 Å². The van der Waals surface area contributed by atoms with E-state index >= 15 is 0 Å². The monoisotopic (exact) mass is 420 g/mol. The Hall–Kier alpha value is -2.16. The van der Waals surface area contributed by atoms with E-state index in [1.807, 2.05) is 30.5 Å². The summed E-state index contributed by atoms with van der Waals surface area (Å²) in [6, 6.07) is 13.4. The number of rotatable bonds is 9. The molecule has 0 fully saturated rings. The predicted molar refractivity (Wildman–Crippen MR) is 112 cm³/mol. The second-order valence-electron chi connectivity index (χ2n) is 6.29. The molecule has 2 rings (SSSR count). The lowest BCUT2D eigenvalue weighted by atomic mass is 10.2. The Morgan fingerprint density at radius 3 is 2.39 bits per heavy atom. The van der Waals surface area contributed by atoms with E-state index in [9.17, 15) is 18.0 Å². The fourth-order valence-corrected chi connectivity index (χ4v) is 4.22. The van der Waals surface area contributed by atoms with Crippen LogP contribution < -0.4 is 5.32 Å². The number of ketones is 1. The summed E-state index contributed by atoms with van der Waals surface area (Å²) < 4.78 is 26.4. The molecule has 0 aliphatic carbocycles. The van der Waals surface area contributed by atoms with Gasteiger partial charge in [-0.2, -0.15) is 0 Å². The Morgan fingerprint density at radius 2 is 1.79 bits per heavy atom. The minimum Gasteiger partial charge on any atom is -0.326 e. The first-order valence-corrected chi connectivity index (χ1v) is 11.4. The molecular weight excluding hydrogens is 396 g/mol. The highest BCUT2D eigenvalue weighted by molar-refractivity contribution is 7.98. The van der Waals surface area contributed by atoms with Gasteiger partial charge in [-0.1, -0.05) is 18.2 Å².